The molecule has 0 radical (unpaired) electrons. The van der Waals surface area contributed by atoms with Crippen LogP contribution in [0, 0.1) is 11.7 Å². The molecule has 1 aromatic carbocycles. The Bertz CT molecular complexity index is 621. The second-order valence-corrected chi connectivity index (χ2v) is 7.71. The zero-order valence-electron chi connectivity index (χ0n) is 15.9. The minimum atomic E-state index is -0.248. The van der Waals surface area contributed by atoms with Gasteiger partial charge in [-0.25, -0.2) is 9.18 Å². The molecule has 0 bridgehead atoms. The number of halogens is 1. The van der Waals surface area contributed by atoms with Crippen molar-refractivity contribution >= 4 is 11.9 Å². The van der Waals surface area contributed by atoms with Crippen molar-refractivity contribution in [1.82, 2.24) is 15.5 Å². The van der Waals surface area contributed by atoms with E-state index in [9.17, 15) is 14.0 Å². The highest BCUT2D eigenvalue weighted by Crippen LogP contribution is 2.20. The summed E-state index contributed by atoms with van der Waals surface area (Å²) in [6.45, 7) is 1.82. The minimum absolute atomic E-state index is 0.0251. The van der Waals surface area contributed by atoms with Crippen LogP contribution in [0.15, 0.2) is 24.3 Å². The summed E-state index contributed by atoms with van der Waals surface area (Å²) in [5, 5.41) is 6.12. The van der Waals surface area contributed by atoms with Crippen LogP contribution in [0.4, 0.5) is 9.18 Å². The summed E-state index contributed by atoms with van der Waals surface area (Å²) in [7, 11) is 0. The van der Waals surface area contributed by atoms with Gasteiger partial charge in [0.1, 0.15) is 5.82 Å². The molecular formula is C21H30FN3O2. The SMILES string of the molecule is O=C(NCCc1ccc(F)cc1)C1CCN(C(=O)NC2CCCCC2)CC1. The zero-order chi connectivity index (χ0) is 19.1. The van der Waals surface area contributed by atoms with Gasteiger partial charge in [-0.2, -0.15) is 0 Å². The summed E-state index contributed by atoms with van der Waals surface area (Å²) >= 11 is 0. The van der Waals surface area contributed by atoms with E-state index in [4.69, 9.17) is 0 Å². The molecule has 3 rings (SSSR count). The van der Waals surface area contributed by atoms with Crippen molar-refractivity contribution in [2.75, 3.05) is 19.6 Å². The molecule has 0 spiro atoms. The van der Waals surface area contributed by atoms with Crippen molar-refractivity contribution in [2.24, 2.45) is 5.92 Å². The van der Waals surface area contributed by atoms with Gasteiger partial charge in [-0.15, -0.1) is 0 Å². The predicted octanol–water partition coefficient (Wildman–Crippen LogP) is 3.24. The van der Waals surface area contributed by atoms with E-state index in [2.05, 4.69) is 10.6 Å². The third-order valence-corrected chi connectivity index (χ3v) is 5.71. The van der Waals surface area contributed by atoms with Gasteiger partial charge in [0, 0.05) is 31.6 Å². The lowest BCUT2D eigenvalue weighted by atomic mass is 9.95. The molecule has 0 atom stereocenters. The average molecular weight is 375 g/mol. The van der Waals surface area contributed by atoms with Gasteiger partial charge in [0.2, 0.25) is 5.91 Å². The van der Waals surface area contributed by atoms with E-state index in [1.807, 2.05) is 4.90 Å². The number of likely N-dealkylation sites (tertiary alicyclic amines) is 1. The lowest BCUT2D eigenvalue weighted by molar-refractivity contribution is -0.126. The number of piperidine rings is 1. The quantitative estimate of drug-likeness (QED) is 0.830. The topological polar surface area (TPSA) is 61.4 Å². The Morgan fingerprint density at radius 3 is 2.33 bits per heavy atom. The highest BCUT2D eigenvalue weighted by Gasteiger charge is 2.28. The second-order valence-electron chi connectivity index (χ2n) is 7.71. The van der Waals surface area contributed by atoms with E-state index >= 15 is 0 Å². The number of amides is 3. The Morgan fingerprint density at radius 2 is 1.67 bits per heavy atom. The fraction of sp³-hybridized carbons (Fsp3) is 0.619. The fourth-order valence-corrected chi connectivity index (χ4v) is 3.98. The number of carbonyl (C=O) groups excluding carboxylic acids is 2. The molecule has 1 heterocycles. The summed E-state index contributed by atoms with van der Waals surface area (Å²) in [6.07, 6.45) is 7.94. The number of hydrogen-bond donors (Lipinski definition) is 2. The van der Waals surface area contributed by atoms with Gasteiger partial charge in [0.05, 0.1) is 0 Å². The Kier molecular flexibility index (Phi) is 7.07. The Morgan fingerprint density at radius 1 is 1.00 bits per heavy atom. The summed E-state index contributed by atoms with van der Waals surface area (Å²) in [4.78, 5) is 26.6. The smallest absolute Gasteiger partial charge is 0.317 e. The monoisotopic (exact) mass is 375 g/mol. The van der Waals surface area contributed by atoms with E-state index in [-0.39, 0.29) is 23.7 Å². The fourth-order valence-electron chi connectivity index (χ4n) is 3.98. The van der Waals surface area contributed by atoms with Gasteiger partial charge >= 0.3 is 6.03 Å². The van der Waals surface area contributed by atoms with E-state index in [0.29, 0.717) is 44.9 Å². The molecule has 0 aromatic heterocycles. The van der Waals surface area contributed by atoms with Gasteiger partial charge in [-0.05, 0) is 49.8 Å². The van der Waals surface area contributed by atoms with E-state index < -0.39 is 0 Å². The first kappa shape index (κ1) is 19.6. The van der Waals surface area contributed by atoms with E-state index in [1.165, 1.54) is 31.4 Å². The molecule has 2 aliphatic rings. The maximum atomic E-state index is 12.9. The molecule has 0 unspecified atom stereocenters. The number of benzene rings is 1. The Balaban J connectivity index is 1.34. The summed E-state index contributed by atoms with van der Waals surface area (Å²) in [5.41, 5.74) is 1.01. The molecule has 3 amide bonds. The summed E-state index contributed by atoms with van der Waals surface area (Å²) < 4.78 is 12.9. The van der Waals surface area contributed by atoms with Crippen molar-refractivity contribution in [3.05, 3.63) is 35.6 Å². The largest absolute Gasteiger partial charge is 0.356 e. The van der Waals surface area contributed by atoms with Crippen molar-refractivity contribution in [3.8, 4) is 0 Å². The normalized spacial score (nSPS) is 18.9. The van der Waals surface area contributed by atoms with Gasteiger partial charge < -0.3 is 15.5 Å². The maximum Gasteiger partial charge on any atom is 0.317 e. The zero-order valence-corrected chi connectivity index (χ0v) is 15.9. The van der Waals surface area contributed by atoms with Crippen LogP contribution >= 0.6 is 0 Å². The molecule has 2 N–H and O–H groups in total. The van der Waals surface area contributed by atoms with Crippen LogP contribution in [0.1, 0.15) is 50.5 Å². The maximum absolute atomic E-state index is 12.9. The van der Waals surface area contributed by atoms with Crippen molar-refractivity contribution in [1.29, 1.82) is 0 Å². The van der Waals surface area contributed by atoms with Crippen LogP contribution in [0.25, 0.3) is 0 Å². The van der Waals surface area contributed by atoms with E-state index in [1.54, 1.807) is 12.1 Å². The lowest BCUT2D eigenvalue weighted by Gasteiger charge is -2.33. The molecule has 148 valence electrons. The lowest BCUT2D eigenvalue weighted by Crippen LogP contribution is -2.49. The highest BCUT2D eigenvalue weighted by atomic mass is 19.1. The standard InChI is InChI=1S/C21H30FN3O2/c22-18-8-6-16(7-9-18)10-13-23-20(26)17-11-14-25(15-12-17)21(27)24-19-4-2-1-3-5-19/h6-9,17,19H,1-5,10-15H2,(H,23,26)(H,24,27). The molecule has 27 heavy (non-hydrogen) atoms. The van der Waals surface area contributed by atoms with Crippen molar-refractivity contribution in [3.63, 3.8) is 0 Å². The molecule has 1 aliphatic carbocycles. The van der Waals surface area contributed by atoms with Crippen LogP contribution in [-0.2, 0) is 11.2 Å². The van der Waals surface area contributed by atoms with Crippen molar-refractivity contribution in [2.45, 2.75) is 57.4 Å². The van der Waals surface area contributed by atoms with Crippen LogP contribution < -0.4 is 10.6 Å². The molecule has 6 heteroatoms. The van der Waals surface area contributed by atoms with Gasteiger partial charge in [0.15, 0.2) is 0 Å². The minimum Gasteiger partial charge on any atom is -0.356 e. The number of nitrogens with zero attached hydrogens (tertiary/aromatic N) is 1. The third-order valence-electron chi connectivity index (χ3n) is 5.71. The first-order valence-corrected chi connectivity index (χ1v) is 10.2. The number of rotatable bonds is 5. The van der Waals surface area contributed by atoms with Crippen LogP contribution in [0.3, 0.4) is 0 Å². The first-order valence-electron chi connectivity index (χ1n) is 10.2. The highest BCUT2D eigenvalue weighted by molar-refractivity contribution is 5.79. The first-order chi connectivity index (χ1) is 13.1. The second kappa shape index (κ2) is 9.72. The Labute approximate surface area is 160 Å². The molecule has 2 fully saturated rings. The van der Waals surface area contributed by atoms with Gasteiger partial charge in [-0.3, -0.25) is 4.79 Å². The number of urea groups is 1. The van der Waals surface area contributed by atoms with Crippen LogP contribution in [0.2, 0.25) is 0 Å². The van der Waals surface area contributed by atoms with Crippen molar-refractivity contribution < 1.29 is 14.0 Å². The van der Waals surface area contributed by atoms with Gasteiger partial charge in [-0.1, -0.05) is 31.4 Å². The summed E-state index contributed by atoms with van der Waals surface area (Å²) in [6, 6.07) is 6.70. The van der Waals surface area contributed by atoms with Gasteiger partial charge in [0.25, 0.3) is 0 Å². The predicted molar refractivity (Wildman–Crippen MR) is 103 cm³/mol. The average Bonchev–Trinajstić information content (AvgIpc) is 2.70. The molecule has 1 saturated heterocycles. The molecule has 1 aliphatic heterocycles. The van der Waals surface area contributed by atoms with E-state index in [0.717, 1.165) is 18.4 Å². The molecular weight excluding hydrogens is 345 g/mol. The number of carbonyl (C=O) groups is 2. The molecule has 1 aromatic rings. The van der Waals surface area contributed by atoms with Crippen LogP contribution in [0.5, 0.6) is 0 Å². The number of nitrogens with one attached hydrogen (secondary N) is 2. The van der Waals surface area contributed by atoms with Crippen LogP contribution in [-0.4, -0.2) is 42.5 Å². The summed E-state index contributed by atoms with van der Waals surface area (Å²) in [5.74, 6) is -0.219. The Hall–Kier alpha value is -2.11. The number of hydrogen-bond acceptors (Lipinski definition) is 2. The third kappa shape index (κ3) is 5.94. The molecule has 5 nitrogen and oxygen atoms in total. The molecule has 1 saturated carbocycles.